The molecule has 2 N–H and O–H groups in total. The first kappa shape index (κ1) is 23.7. The van der Waals surface area contributed by atoms with Crippen LogP contribution >= 0.6 is 0 Å². The quantitative estimate of drug-likeness (QED) is 0.578. The maximum absolute atomic E-state index is 12.6. The normalized spacial score (nSPS) is 24.4. The first-order valence-corrected chi connectivity index (χ1v) is 12.9. The molecule has 2 aromatic carbocycles. The molecule has 0 atom stereocenters. The number of benzene rings is 2. The van der Waals surface area contributed by atoms with E-state index in [9.17, 15) is 9.59 Å². The molecular weight excluding hydrogens is 434 g/mol. The minimum atomic E-state index is -0.222. The molecule has 2 aliphatic heterocycles. The van der Waals surface area contributed by atoms with Crippen LogP contribution < -0.4 is 5.73 Å². The van der Waals surface area contributed by atoms with Crippen LogP contribution in [0, 0.1) is 5.92 Å². The number of amides is 2. The summed E-state index contributed by atoms with van der Waals surface area (Å²) in [5.74, 6) is -0.0868. The zero-order chi connectivity index (χ0) is 24.4. The van der Waals surface area contributed by atoms with E-state index in [-0.39, 0.29) is 17.7 Å². The van der Waals surface area contributed by atoms with Gasteiger partial charge in [0.2, 0.25) is 5.91 Å². The van der Waals surface area contributed by atoms with Crippen molar-refractivity contribution in [1.82, 2.24) is 4.90 Å². The maximum atomic E-state index is 12.6. The Balaban J connectivity index is 1.31. The Hall–Kier alpha value is -3.02. The first-order chi connectivity index (χ1) is 17.0. The highest BCUT2D eigenvalue weighted by molar-refractivity contribution is 5.94. The number of fused-ring (bicyclic) bond motifs is 2. The lowest BCUT2D eigenvalue weighted by atomic mass is 9.86. The molecule has 35 heavy (non-hydrogen) atoms. The molecule has 182 valence electrons. The number of nitrogens with two attached hydrogens (primary N) is 1. The Morgan fingerprint density at radius 2 is 1.46 bits per heavy atom. The molecule has 2 aromatic rings. The molecule has 0 radical (unpaired) electrons. The van der Waals surface area contributed by atoms with Gasteiger partial charge in [0.05, 0.1) is 26.6 Å². The van der Waals surface area contributed by atoms with E-state index >= 15 is 0 Å². The molecule has 0 saturated carbocycles. The minimum Gasteiger partial charge on any atom is -0.369 e. The van der Waals surface area contributed by atoms with Gasteiger partial charge in [-0.2, -0.15) is 0 Å². The molecule has 3 aliphatic rings. The molecule has 5 nitrogen and oxygen atoms in total. The van der Waals surface area contributed by atoms with E-state index in [1.54, 1.807) is 6.92 Å². The largest absolute Gasteiger partial charge is 0.369 e. The van der Waals surface area contributed by atoms with Gasteiger partial charge in [-0.15, -0.1) is 0 Å². The Bertz CT molecular complexity index is 1130. The van der Waals surface area contributed by atoms with Crippen LogP contribution in [0.25, 0.3) is 17.7 Å². The molecule has 2 heterocycles. The number of rotatable bonds is 4. The number of carbonyl (C=O) groups is 2. The van der Waals surface area contributed by atoms with Crippen LogP contribution in [0.15, 0.2) is 54.1 Å². The Labute approximate surface area is 208 Å². The minimum absolute atomic E-state index is 0.0791. The lowest BCUT2D eigenvalue weighted by Gasteiger charge is -2.41. The summed E-state index contributed by atoms with van der Waals surface area (Å²) in [5.41, 5.74) is 13.7. The molecule has 5 rings (SSSR count). The zero-order valence-corrected chi connectivity index (χ0v) is 20.7. The monoisotopic (exact) mass is 470 g/mol. The van der Waals surface area contributed by atoms with Gasteiger partial charge < -0.3 is 5.73 Å². The fourth-order valence-corrected chi connectivity index (χ4v) is 6.12. The summed E-state index contributed by atoms with van der Waals surface area (Å²) in [7, 11) is 0. The van der Waals surface area contributed by atoms with E-state index in [0.29, 0.717) is 4.48 Å². The van der Waals surface area contributed by atoms with Crippen molar-refractivity contribution in [2.45, 2.75) is 32.6 Å². The summed E-state index contributed by atoms with van der Waals surface area (Å²) >= 11 is 0. The van der Waals surface area contributed by atoms with Gasteiger partial charge in [0.25, 0.3) is 0 Å². The molecule has 2 amide bonds. The number of nitrogens with zero attached hydrogens (tertiary/aromatic N) is 2. The second-order valence-corrected chi connectivity index (χ2v) is 10.3. The summed E-state index contributed by atoms with van der Waals surface area (Å²) in [6, 6.07) is 17.4. The molecule has 2 saturated heterocycles. The Kier molecular flexibility index (Phi) is 6.72. The van der Waals surface area contributed by atoms with Gasteiger partial charge in [-0.1, -0.05) is 66.3 Å². The van der Waals surface area contributed by atoms with E-state index in [1.807, 2.05) is 0 Å². The van der Waals surface area contributed by atoms with Crippen molar-refractivity contribution in [2.75, 3.05) is 39.3 Å². The number of hydrogen-bond donors (Lipinski definition) is 1. The maximum Gasteiger partial charge on any atom is 0.310 e. The van der Waals surface area contributed by atoms with Crippen LogP contribution in [0.3, 0.4) is 0 Å². The number of likely N-dealkylation sites (tertiary alicyclic amines) is 2. The van der Waals surface area contributed by atoms with Gasteiger partial charge in [0, 0.05) is 38.4 Å². The average Bonchev–Trinajstić information content (AvgIpc) is 3.05. The standard InChI is InChI=1S/C30H35N3O2/c1-22(34)33(19-14-26(15-20-33)30(31)35)21-18-32-16-12-25(13-17-32)29-27-8-4-2-6-23(27)10-11-24-7-3-5-9-28(24)29/h2-11,26H,12-21H2,1H3,(H-,31,35)/p+1. The van der Waals surface area contributed by atoms with Crippen molar-refractivity contribution in [3.8, 4) is 0 Å². The van der Waals surface area contributed by atoms with Crippen LogP contribution in [-0.4, -0.2) is 60.5 Å². The molecule has 1 aliphatic carbocycles. The molecule has 0 bridgehead atoms. The number of hydrogen-bond acceptors (Lipinski definition) is 3. The summed E-state index contributed by atoms with van der Waals surface area (Å²) in [5, 5.41) is 0. The second-order valence-electron chi connectivity index (χ2n) is 10.3. The van der Waals surface area contributed by atoms with E-state index in [4.69, 9.17) is 5.73 Å². The first-order valence-electron chi connectivity index (χ1n) is 12.9. The Morgan fingerprint density at radius 1 is 0.914 bits per heavy atom. The van der Waals surface area contributed by atoms with Crippen molar-refractivity contribution in [3.05, 3.63) is 76.4 Å². The third kappa shape index (κ3) is 4.75. The Morgan fingerprint density at radius 3 is 1.97 bits per heavy atom. The SMILES string of the molecule is CC(=O)[N+]1(CCN2CCC(=C3c4ccccc4C=Cc4ccccc43)CC2)CCC(C(N)=O)CC1. The highest BCUT2D eigenvalue weighted by Gasteiger charge is 2.40. The van der Waals surface area contributed by atoms with Crippen molar-refractivity contribution in [1.29, 1.82) is 0 Å². The predicted octanol–water partition coefficient (Wildman–Crippen LogP) is 4.33. The smallest absolute Gasteiger partial charge is 0.310 e. The predicted molar refractivity (Wildman–Crippen MR) is 141 cm³/mol. The molecule has 0 spiro atoms. The number of piperidine rings is 2. The van der Waals surface area contributed by atoms with Gasteiger partial charge in [-0.05, 0) is 40.7 Å². The lowest BCUT2D eigenvalue weighted by molar-refractivity contribution is -0.859. The van der Waals surface area contributed by atoms with Gasteiger partial charge in [-0.3, -0.25) is 14.2 Å². The fraction of sp³-hybridized carbons (Fsp3) is 0.400. The summed E-state index contributed by atoms with van der Waals surface area (Å²) in [6.07, 6.45) is 8.01. The third-order valence-electron chi connectivity index (χ3n) is 8.44. The fourth-order valence-electron chi connectivity index (χ4n) is 6.12. The summed E-state index contributed by atoms with van der Waals surface area (Å²) < 4.78 is 0.487. The van der Waals surface area contributed by atoms with E-state index in [0.717, 1.165) is 65.0 Å². The number of quaternary nitrogens is 1. The third-order valence-corrected chi connectivity index (χ3v) is 8.44. The van der Waals surface area contributed by atoms with Crippen LogP contribution in [-0.2, 0) is 9.59 Å². The van der Waals surface area contributed by atoms with Gasteiger partial charge in [0.1, 0.15) is 0 Å². The summed E-state index contributed by atoms with van der Waals surface area (Å²) in [6.45, 7) is 6.93. The molecule has 0 unspecified atom stereocenters. The van der Waals surface area contributed by atoms with Crippen LogP contribution in [0.1, 0.15) is 54.9 Å². The van der Waals surface area contributed by atoms with Crippen LogP contribution in [0.2, 0.25) is 0 Å². The van der Waals surface area contributed by atoms with Crippen LogP contribution in [0.5, 0.6) is 0 Å². The van der Waals surface area contributed by atoms with E-state index in [1.165, 1.54) is 33.4 Å². The topological polar surface area (TPSA) is 63.4 Å². The van der Waals surface area contributed by atoms with Crippen molar-refractivity contribution < 1.29 is 14.1 Å². The van der Waals surface area contributed by atoms with Crippen LogP contribution in [0.4, 0.5) is 0 Å². The highest BCUT2D eigenvalue weighted by atomic mass is 16.2. The van der Waals surface area contributed by atoms with Gasteiger partial charge >= 0.3 is 5.91 Å². The lowest BCUT2D eigenvalue weighted by Crippen LogP contribution is -2.59. The van der Waals surface area contributed by atoms with E-state index < -0.39 is 0 Å². The second kappa shape index (κ2) is 9.92. The number of primary amides is 1. The average molecular weight is 471 g/mol. The molecule has 2 fully saturated rings. The summed E-state index contributed by atoms with van der Waals surface area (Å²) in [4.78, 5) is 26.7. The van der Waals surface area contributed by atoms with Crippen molar-refractivity contribution in [2.24, 2.45) is 11.7 Å². The molecule has 0 aromatic heterocycles. The van der Waals surface area contributed by atoms with Gasteiger partial charge in [0.15, 0.2) is 0 Å². The van der Waals surface area contributed by atoms with Crippen molar-refractivity contribution >= 4 is 29.5 Å². The van der Waals surface area contributed by atoms with Crippen molar-refractivity contribution in [3.63, 3.8) is 0 Å². The van der Waals surface area contributed by atoms with E-state index in [2.05, 4.69) is 65.6 Å². The number of carbonyl (C=O) groups excluding carboxylic acids is 2. The van der Waals surface area contributed by atoms with Gasteiger partial charge in [-0.25, -0.2) is 4.79 Å². The highest BCUT2D eigenvalue weighted by Crippen LogP contribution is 2.38. The zero-order valence-electron chi connectivity index (χ0n) is 20.7. The molecular formula is C30H36N3O2+. The molecule has 5 heteroatoms.